The summed E-state index contributed by atoms with van der Waals surface area (Å²) in [6.07, 6.45) is -0.393. The fourth-order valence-corrected chi connectivity index (χ4v) is 2.63. The maximum absolute atomic E-state index is 12.5. The maximum atomic E-state index is 12.5. The van der Waals surface area contributed by atoms with Crippen LogP contribution in [0.25, 0.3) is 0 Å². The number of amides is 2. The summed E-state index contributed by atoms with van der Waals surface area (Å²) < 4.78 is 5.17. The van der Waals surface area contributed by atoms with Crippen LogP contribution in [0.15, 0.2) is 30.3 Å². The molecule has 1 N–H and O–H groups in total. The Morgan fingerprint density at radius 3 is 2.39 bits per heavy atom. The van der Waals surface area contributed by atoms with Gasteiger partial charge in [-0.3, -0.25) is 4.79 Å². The lowest BCUT2D eigenvalue weighted by Gasteiger charge is -2.25. The van der Waals surface area contributed by atoms with Crippen molar-refractivity contribution in [2.45, 2.75) is 45.3 Å². The number of rotatable bonds is 3. The van der Waals surface area contributed by atoms with Gasteiger partial charge in [-0.1, -0.05) is 30.3 Å². The molecule has 0 saturated carbocycles. The highest BCUT2D eigenvalue weighted by Crippen LogP contribution is 2.29. The third kappa shape index (κ3) is 4.09. The van der Waals surface area contributed by atoms with E-state index < -0.39 is 35.5 Å². The van der Waals surface area contributed by atoms with Gasteiger partial charge in [-0.15, -0.1) is 0 Å². The number of imide groups is 1. The molecule has 1 aromatic carbocycles. The van der Waals surface area contributed by atoms with Crippen molar-refractivity contribution in [1.82, 2.24) is 4.90 Å². The molecule has 1 aromatic rings. The number of carbonyl (C=O) groups is 3. The van der Waals surface area contributed by atoms with Crippen molar-refractivity contribution in [3.8, 4) is 0 Å². The lowest BCUT2D eigenvalue weighted by molar-refractivity contribution is -0.145. The largest absolute Gasteiger partial charge is 0.480 e. The highest BCUT2D eigenvalue weighted by molar-refractivity contribution is 6.00. The van der Waals surface area contributed by atoms with Crippen LogP contribution >= 0.6 is 0 Å². The van der Waals surface area contributed by atoms with Crippen molar-refractivity contribution in [1.29, 1.82) is 0 Å². The lowest BCUT2D eigenvalue weighted by atomic mass is 9.96. The number of ether oxygens (including phenoxy) is 1. The molecule has 124 valence electrons. The molecule has 0 bridgehead atoms. The molecule has 1 aliphatic heterocycles. The Morgan fingerprint density at radius 2 is 1.87 bits per heavy atom. The van der Waals surface area contributed by atoms with Gasteiger partial charge in [0.1, 0.15) is 11.6 Å². The number of likely N-dealkylation sites (tertiary alicyclic amines) is 1. The molecule has 0 aliphatic carbocycles. The molecular weight excluding hydrogens is 298 g/mol. The van der Waals surface area contributed by atoms with Crippen molar-refractivity contribution >= 4 is 18.0 Å². The van der Waals surface area contributed by atoms with Crippen LogP contribution in [0.4, 0.5) is 4.79 Å². The summed E-state index contributed by atoms with van der Waals surface area (Å²) in [7, 11) is 0. The average molecular weight is 319 g/mol. The summed E-state index contributed by atoms with van der Waals surface area (Å²) in [4.78, 5) is 36.9. The molecule has 2 atom stereocenters. The van der Waals surface area contributed by atoms with Crippen LogP contribution in [-0.2, 0) is 20.7 Å². The fourth-order valence-electron chi connectivity index (χ4n) is 2.63. The zero-order valence-electron chi connectivity index (χ0n) is 13.5. The molecule has 6 nitrogen and oxygen atoms in total. The van der Waals surface area contributed by atoms with E-state index >= 15 is 0 Å². The van der Waals surface area contributed by atoms with E-state index in [2.05, 4.69) is 0 Å². The molecule has 2 unspecified atom stereocenters. The first kappa shape index (κ1) is 17.0. The third-order valence-electron chi connectivity index (χ3n) is 3.61. The minimum Gasteiger partial charge on any atom is -0.480 e. The van der Waals surface area contributed by atoms with Gasteiger partial charge in [0.15, 0.2) is 0 Å². The van der Waals surface area contributed by atoms with Crippen molar-refractivity contribution in [3.63, 3.8) is 0 Å². The Kier molecular flexibility index (Phi) is 4.73. The van der Waals surface area contributed by atoms with Gasteiger partial charge in [0.25, 0.3) is 0 Å². The normalized spacial score (nSPS) is 21.3. The van der Waals surface area contributed by atoms with E-state index in [4.69, 9.17) is 4.74 Å². The smallest absolute Gasteiger partial charge is 0.417 e. The molecule has 6 heteroatoms. The Morgan fingerprint density at radius 1 is 1.26 bits per heavy atom. The number of benzene rings is 1. The lowest BCUT2D eigenvalue weighted by Crippen LogP contribution is -2.45. The zero-order chi connectivity index (χ0) is 17.2. The minimum absolute atomic E-state index is 0.0995. The summed E-state index contributed by atoms with van der Waals surface area (Å²) in [5, 5.41) is 9.33. The molecule has 2 amide bonds. The Balaban J connectivity index is 2.18. The number of aliphatic carboxylic acids is 1. The maximum Gasteiger partial charge on any atom is 0.417 e. The quantitative estimate of drug-likeness (QED) is 0.925. The molecule has 1 fully saturated rings. The van der Waals surface area contributed by atoms with Gasteiger partial charge in [-0.05, 0) is 39.2 Å². The van der Waals surface area contributed by atoms with Crippen LogP contribution in [0, 0.1) is 5.92 Å². The standard InChI is InChI=1S/C17H21NO5/c1-17(2,3)23-16(22)18-13(15(20)21)10-12(14(18)19)9-11-7-5-4-6-8-11/h4-8,12-13H,9-10H2,1-3H3,(H,20,21). The number of hydrogen-bond donors (Lipinski definition) is 1. The second kappa shape index (κ2) is 6.40. The van der Waals surface area contributed by atoms with E-state index in [1.807, 2.05) is 30.3 Å². The topological polar surface area (TPSA) is 83.9 Å². The van der Waals surface area contributed by atoms with Gasteiger partial charge >= 0.3 is 12.1 Å². The summed E-state index contributed by atoms with van der Waals surface area (Å²) in [6.45, 7) is 5.01. The summed E-state index contributed by atoms with van der Waals surface area (Å²) in [5.41, 5.74) is 0.138. The molecule has 2 rings (SSSR count). The monoisotopic (exact) mass is 319 g/mol. The van der Waals surface area contributed by atoms with Crippen molar-refractivity contribution in [2.75, 3.05) is 0 Å². The van der Waals surface area contributed by atoms with E-state index in [1.54, 1.807) is 20.8 Å². The van der Waals surface area contributed by atoms with Crippen LogP contribution in [0.2, 0.25) is 0 Å². The van der Waals surface area contributed by atoms with Gasteiger partial charge < -0.3 is 9.84 Å². The van der Waals surface area contributed by atoms with Crippen LogP contribution in [0.1, 0.15) is 32.8 Å². The van der Waals surface area contributed by atoms with Crippen molar-refractivity contribution in [2.24, 2.45) is 5.92 Å². The molecule has 0 spiro atoms. The SMILES string of the molecule is CC(C)(C)OC(=O)N1C(=O)C(Cc2ccccc2)CC1C(=O)O. The third-order valence-corrected chi connectivity index (χ3v) is 3.61. The van der Waals surface area contributed by atoms with E-state index in [1.165, 1.54) is 0 Å². The van der Waals surface area contributed by atoms with Crippen LogP contribution < -0.4 is 0 Å². The Labute approximate surface area is 135 Å². The van der Waals surface area contributed by atoms with Crippen LogP contribution in [0.3, 0.4) is 0 Å². The number of carboxylic acid groups (broad SMARTS) is 1. The number of hydrogen-bond acceptors (Lipinski definition) is 4. The first-order valence-corrected chi connectivity index (χ1v) is 7.52. The van der Waals surface area contributed by atoms with Crippen LogP contribution in [0.5, 0.6) is 0 Å². The van der Waals surface area contributed by atoms with Crippen molar-refractivity contribution < 1.29 is 24.2 Å². The molecular formula is C17H21NO5. The van der Waals surface area contributed by atoms with Crippen LogP contribution in [-0.4, -0.2) is 39.6 Å². The second-order valence-electron chi connectivity index (χ2n) is 6.66. The predicted molar refractivity (Wildman–Crippen MR) is 82.8 cm³/mol. The summed E-state index contributed by atoms with van der Waals surface area (Å²) in [5.74, 6) is -2.22. The predicted octanol–water partition coefficient (Wildman–Crippen LogP) is 2.47. The summed E-state index contributed by atoms with van der Waals surface area (Å²) >= 11 is 0. The number of nitrogens with zero attached hydrogens (tertiary/aromatic N) is 1. The van der Waals surface area contributed by atoms with Crippen molar-refractivity contribution in [3.05, 3.63) is 35.9 Å². The highest BCUT2D eigenvalue weighted by Gasteiger charge is 2.48. The van der Waals surface area contributed by atoms with E-state index in [9.17, 15) is 19.5 Å². The van der Waals surface area contributed by atoms with Gasteiger partial charge in [0.2, 0.25) is 5.91 Å². The average Bonchev–Trinajstić information content (AvgIpc) is 2.76. The van der Waals surface area contributed by atoms with E-state index in [0.717, 1.165) is 10.5 Å². The summed E-state index contributed by atoms with van der Waals surface area (Å²) in [6, 6.07) is 8.15. The number of carbonyl (C=O) groups excluding carboxylic acids is 2. The Hall–Kier alpha value is -2.37. The molecule has 0 radical (unpaired) electrons. The molecule has 1 heterocycles. The first-order valence-electron chi connectivity index (χ1n) is 7.52. The fraction of sp³-hybridized carbons (Fsp3) is 0.471. The van der Waals surface area contributed by atoms with Gasteiger partial charge in [0, 0.05) is 5.92 Å². The van der Waals surface area contributed by atoms with Gasteiger partial charge in [-0.2, -0.15) is 0 Å². The molecule has 0 aromatic heterocycles. The first-order chi connectivity index (χ1) is 10.7. The van der Waals surface area contributed by atoms with E-state index in [-0.39, 0.29) is 6.42 Å². The van der Waals surface area contributed by atoms with Gasteiger partial charge in [-0.25, -0.2) is 14.5 Å². The second-order valence-corrected chi connectivity index (χ2v) is 6.66. The molecule has 23 heavy (non-hydrogen) atoms. The highest BCUT2D eigenvalue weighted by atomic mass is 16.6. The molecule has 1 aliphatic rings. The Bertz CT molecular complexity index is 605. The number of carboxylic acids is 1. The zero-order valence-corrected chi connectivity index (χ0v) is 13.5. The minimum atomic E-state index is -1.19. The van der Waals surface area contributed by atoms with E-state index in [0.29, 0.717) is 6.42 Å². The molecule has 1 saturated heterocycles. The van der Waals surface area contributed by atoms with Gasteiger partial charge in [0.05, 0.1) is 0 Å².